The van der Waals surface area contributed by atoms with Crippen LogP contribution in [0, 0.1) is 13.8 Å². The summed E-state index contributed by atoms with van der Waals surface area (Å²) in [6, 6.07) is 3.20. The van der Waals surface area contributed by atoms with E-state index < -0.39 is 5.54 Å². The van der Waals surface area contributed by atoms with E-state index in [-0.39, 0.29) is 11.9 Å². The molecule has 8 nitrogen and oxygen atoms in total. The van der Waals surface area contributed by atoms with Crippen molar-refractivity contribution >= 4 is 34.1 Å². The van der Waals surface area contributed by atoms with Gasteiger partial charge < -0.3 is 10.6 Å². The normalized spacial score (nSPS) is 18.7. The zero-order chi connectivity index (χ0) is 21.5. The third kappa shape index (κ3) is 3.95. The number of aryl methyl sites for hydroxylation is 2. The fraction of sp³-hybridized carbons (Fsp3) is 0.429. The van der Waals surface area contributed by atoms with Crippen molar-refractivity contribution in [2.24, 2.45) is 0 Å². The SMILES string of the molecule is C=C(C)Nc1ncc(CN2CCC3(CC2)NC(=O)N(c2cc(C)nc(C)c2)C3=O)s1. The van der Waals surface area contributed by atoms with Crippen LogP contribution in [-0.4, -0.2) is 45.4 Å². The Morgan fingerprint density at radius 1 is 1.27 bits per heavy atom. The summed E-state index contributed by atoms with van der Waals surface area (Å²) in [7, 11) is 0. The second kappa shape index (κ2) is 7.81. The van der Waals surface area contributed by atoms with Crippen LogP contribution >= 0.6 is 11.3 Å². The maximum absolute atomic E-state index is 13.3. The Morgan fingerprint density at radius 2 is 1.93 bits per heavy atom. The Kier molecular flexibility index (Phi) is 5.33. The van der Waals surface area contributed by atoms with E-state index in [1.165, 1.54) is 4.90 Å². The van der Waals surface area contributed by atoms with Crippen molar-refractivity contribution in [3.8, 4) is 0 Å². The van der Waals surface area contributed by atoms with Crippen LogP contribution in [0.15, 0.2) is 30.6 Å². The highest BCUT2D eigenvalue weighted by Crippen LogP contribution is 2.33. The van der Waals surface area contributed by atoms with Crippen molar-refractivity contribution in [2.75, 3.05) is 23.3 Å². The van der Waals surface area contributed by atoms with Gasteiger partial charge in [0.15, 0.2) is 5.13 Å². The third-order valence-electron chi connectivity index (χ3n) is 5.45. The monoisotopic (exact) mass is 426 g/mol. The van der Waals surface area contributed by atoms with Crippen LogP contribution in [0.4, 0.5) is 15.6 Å². The smallest absolute Gasteiger partial charge is 0.329 e. The molecule has 2 aliphatic rings. The highest BCUT2D eigenvalue weighted by molar-refractivity contribution is 7.15. The number of urea groups is 1. The molecule has 3 amide bonds. The van der Waals surface area contributed by atoms with Crippen LogP contribution in [0.2, 0.25) is 0 Å². The number of carbonyl (C=O) groups excluding carboxylic acids is 2. The summed E-state index contributed by atoms with van der Waals surface area (Å²) < 4.78 is 0. The minimum absolute atomic E-state index is 0.164. The second-order valence-corrected chi connectivity index (χ2v) is 9.19. The third-order valence-corrected chi connectivity index (χ3v) is 6.35. The number of nitrogens with zero attached hydrogens (tertiary/aromatic N) is 4. The number of pyridine rings is 1. The lowest BCUT2D eigenvalue weighted by atomic mass is 9.87. The summed E-state index contributed by atoms with van der Waals surface area (Å²) >= 11 is 1.60. The fourth-order valence-electron chi connectivity index (χ4n) is 4.07. The average molecular weight is 427 g/mol. The maximum Gasteiger partial charge on any atom is 0.329 e. The first-order chi connectivity index (χ1) is 14.3. The standard InChI is InChI=1S/C21H26N6O2S/c1-13(2)23-19-22-11-17(30-19)12-26-7-5-21(6-8-26)18(28)27(20(29)25-21)16-9-14(3)24-15(4)10-16/h9-11H,1,5-8,12H2,2-4H3,(H,22,23)(H,25,29). The summed E-state index contributed by atoms with van der Waals surface area (Å²) in [4.78, 5) is 39.4. The predicted octanol–water partition coefficient (Wildman–Crippen LogP) is 3.19. The largest absolute Gasteiger partial charge is 0.336 e. The number of aromatic nitrogens is 2. The van der Waals surface area contributed by atoms with Crippen molar-refractivity contribution in [3.63, 3.8) is 0 Å². The van der Waals surface area contributed by atoms with Crippen molar-refractivity contribution in [2.45, 2.75) is 45.7 Å². The minimum atomic E-state index is -0.820. The number of piperidine rings is 1. The molecule has 2 fully saturated rings. The van der Waals surface area contributed by atoms with Crippen LogP contribution in [0.25, 0.3) is 0 Å². The van der Waals surface area contributed by atoms with Gasteiger partial charge in [0, 0.05) is 47.8 Å². The summed E-state index contributed by atoms with van der Waals surface area (Å²) in [6.07, 6.45) is 3.05. The molecule has 9 heteroatoms. The molecule has 2 aromatic heterocycles. The molecule has 0 radical (unpaired) electrons. The molecular formula is C21H26N6O2S. The zero-order valence-corrected chi connectivity index (χ0v) is 18.3. The number of nitrogens with one attached hydrogen (secondary N) is 2. The topological polar surface area (TPSA) is 90.5 Å². The molecule has 0 atom stereocenters. The molecule has 0 saturated carbocycles. The number of thiazole rings is 1. The molecule has 0 aliphatic carbocycles. The van der Waals surface area contributed by atoms with Gasteiger partial charge in [-0.15, -0.1) is 11.3 Å². The molecule has 4 rings (SSSR count). The second-order valence-electron chi connectivity index (χ2n) is 8.07. The van der Waals surface area contributed by atoms with E-state index in [1.807, 2.05) is 27.0 Å². The van der Waals surface area contributed by atoms with Gasteiger partial charge in [0.05, 0.1) is 5.69 Å². The molecule has 30 heavy (non-hydrogen) atoms. The van der Waals surface area contributed by atoms with Gasteiger partial charge in [-0.2, -0.15) is 0 Å². The number of amides is 3. The molecule has 0 unspecified atom stereocenters. The Balaban J connectivity index is 1.42. The number of carbonyl (C=O) groups is 2. The first kappa shape index (κ1) is 20.5. The van der Waals surface area contributed by atoms with Crippen LogP contribution in [0.5, 0.6) is 0 Å². The highest BCUT2D eigenvalue weighted by atomic mass is 32.1. The van der Waals surface area contributed by atoms with E-state index in [0.717, 1.165) is 46.7 Å². The molecule has 2 N–H and O–H groups in total. The van der Waals surface area contributed by atoms with Gasteiger partial charge in [-0.3, -0.25) is 14.7 Å². The summed E-state index contributed by atoms with van der Waals surface area (Å²) in [5.74, 6) is -0.164. The van der Waals surface area contributed by atoms with Crippen LogP contribution in [-0.2, 0) is 11.3 Å². The Bertz CT molecular complexity index is 988. The number of allylic oxidation sites excluding steroid dienone is 1. The van der Waals surface area contributed by atoms with Gasteiger partial charge in [0.1, 0.15) is 5.54 Å². The lowest BCUT2D eigenvalue weighted by molar-refractivity contribution is -0.123. The number of likely N-dealkylation sites (tertiary alicyclic amines) is 1. The van der Waals surface area contributed by atoms with Crippen LogP contribution in [0.3, 0.4) is 0 Å². The Hall–Kier alpha value is -2.78. The lowest BCUT2D eigenvalue weighted by Crippen LogP contribution is -2.54. The first-order valence-electron chi connectivity index (χ1n) is 9.97. The number of rotatable bonds is 5. The fourth-order valence-corrected chi connectivity index (χ4v) is 5.00. The molecule has 2 saturated heterocycles. The van der Waals surface area contributed by atoms with Crippen molar-refractivity contribution < 1.29 is 9.59 Å². The van der Waals surface area contributed by atoms with Crippen LogP contribution < -0.4 is 15.5 Å². The van der Waals surface area contributed by atoms with Gasteiger partial charge in [-0.05, 0) is 45.7 Å². The van der Waals surface area contributed by atoms with E-state index in [4.69, 9.17) is 0 Å². The van der Waals surface area contributed by atoms with Gasteiger partial charge in [-0.1, -0.05) is 6.58 Å². The highest BCUT2D eigenvalue weighted by Gasteiger charge is 2.52. The van der Waals surface area contributed by atoms with E-state index in [9.17, 15) is 9.59 Å². The molecular weight excluding hydrogens is 400 g/mol. The zero-order valence-electron chi connectivity index (χ0n) is 17.5. The van der Waals surface area contributed by atoms with E-state index >= 15 is 0 Å². The number of imide groups is 1. The van der Waals surface area contributed by atoms with Crippen LogP contribution in [0.1, 0.15) is 36.0 Å². The van der Waals surface area contributed by atoms with Crippen molar-refractivity contribution in [1.82, 2.24) is 20.2 Å². The van der Waals surface area contributed by atoms with Gasteiger partial charge in [0.2, 0.25) is 0 Å². The minimum Gasteiger partial charge on any atom is -0.336 e. The Morgan fingerprint density at radius 3 is 2.57 bits per heavy atom. The number of hydrogen-bond donors (Lipinski definition) is 2. The predicted molar refractivity (Wildman–Crippen MR) is 118 cm³/mol. The summed E-state index contributed by atoms with van der Waals surface area (Å²) in [5, 5.41) is 6.95. The number of hydrogen-bond acceptors (Lipinski definition) is 7. The van der Waals surface area contributed by atoms with Gasteiger partial charge in [0.25, 0.3) is 5.91 Å². The maximum atomic E-state index is 13.3. The average Bonchev–Trinajstić information content (AvgIpc) is 3.18. The molecule has 4 heterocycles. The van der Waals surface area contributed by atoms with Crippen molar-refractivity contribution in [1.29, 1.82) is 0 Å². The van der Waals surface area contributed by atoms with Gasteiger partial charge in [-0.25, -0.2) is 14.7 Å². The summed E-state index contributed by atoms with van der Waals surface area (Å²) in [5.41, 5.74) is 2.19. The van der Waals surface area contributed by atoms with E-state index in [2.05, 4.69) is 32.1 Å². The quantitative estimate of drug-likeness (QED) is 0.714. The summed E-state index contributed by atoms with van der Waals surface area (Å²) in [6.45, 7) is 11.7. The van der Waals surface area contributed by atoms with Crippen molar-refractivity contribution in [3.05, 3.63) is 46.9 Å². The lowest BCUT2D eigenvalue weighted by Gasteiger charge is -2.37. The molecule has 158 valence electrons. The molecule has 0 aromatic carbocycles. The van der Waals surface area contributed by atoms with Gasteiger partial charge >= 0.3 is 6.03 Å². The molecule has 2 aromatic rings. The number of anilines is 2. The molecule has 1 spiro atoms. The molecule has 0 bridgehead atoms. The Labute approximate surface area is 180 Å². The molecule has 2 aliphatic heterocycles. The van der Waals surface area contributed by atoms with E-state index in [0.29, 0.717) is 18.5 Å². The van der Waals surface area contributed by atoms with E-state index in [1.54, 1.807) is 23.5 Å². The first-order valence-corrected chi connectivity index (χ1v) is 10.8.